The van der Waals surface area contributed by atoms with Crippen molar-refractivity contribution in [3.05, 3.63) is 29.8 Å². The molecule has 0 spiro atoms. The third kappa shape index (κ3) is 16.2. The zero-order valence-electron chi connectivity index (χ0n) is 33.7. The van der Waals surface area contributed by atoms with Gasteiger partial charge in [0.25, 0.3) is 0 Å². The monoisotopic (exact) mass is 800 g/mol. The first-order chi connectivity index (χ1) is 27.1. The summed E-state index contributed by atoms with van der Waals surface area (Å²) in [6.45, 7) is 4.19. The molecule has 0 aliphatic carbocycles. The lowest BCUT2D eigenvalue weighted by Crippen LogP contribution is -2.57. The Morgan fingerprint density at radius 1 is 0.554 bits per heavy atom. The van der Waals surface area contributed by atoms with E-state index in [-0.39, 0.29) is 52.4 Å². The predicted molar refractivity (Wildman–Crippen MR) is 203 cm³/mol. The number of rotatable bonds is 23. The molecule has 0 radical (unpaired) electrons. The molecule has 0 saturated carbocycles. The highest BCUT2D eigenvalue weighted by molar-refractivity contribution is 5.77. The molecule has 1 aliphatic rings. The Kier molecular flexibility index (Phi) is 24.4. The molecule has 320 valence electrons. The number of aryl methyl sites for hydroxylation is 1. The zero-order chi connectivity index (χ0) is 41.3. The van der Waals surface area contributed by atoms with Crippen molar-refractivity contribution in [1.82, 2.24) is 19.6 Å². The molecule has 1 fully saturated rings. The topological polar surface area (TPSA) is 207 Å². The Labute approximate surface area is 330 Å². The van der Waals surface area contributed by atoms with Gasteiger partial charge in [-0.3, -0.25) is 38.8 Å². The highest BCUT2D eigenvalue weighted by Gasteiger charge is 2.35. The molecule has 0 aromatic heterocycles. The second-order valence-corrected chi connectivity index (χ2v) is 13.0. The lowest BCUT2D eigenvalue weighted by molar-refractivity contribution is -0.153. The van der Waals surface area contributed by atoms with Crippen LogP contribution in [0.3, 0.4) is 0 Å². The van der Waals surface area contributed by atoms with Crippen molar-refractivity contribution < 1.29 is 67.7 Å². The maximum Gasteiger partial charge on any atom is 0.325 e. The molecule has 18 nitrogen and oxygen atoms in total. The first-order valence-corrected chi connectivity index (χ1v) is 19.1. The van der Waals surface area contributed by atoms with E-state index in [1.54, 1.807) is 14.7 Å². The molecule has 2 rings (SSSR count). The van der Waals surface area contributed by atoms with Crippen molar-refractivity contribution in [3.63, 3.8) is 0 Å². The minimum Gasteiger partial charge on any atom is -0.491 e. The van der Waals surface area contributed by atoms with Crippen LogP contribution in [0.5, 0.6) is 5.75 Å². The molecule has 18 heteroatoms. The zero-order valence-corrected chi connectivity index (χ0v) is 33.7. The van der Waals surface area contributed by atoms with Crippen molar-refractivity contribution in [2.75, 3.05) is 134 Å². The van der Waals surface area contributed by atoms with Crippen LogP contribution < -0.4 is 4.74 Å². The Morgan fingerprint density at radius 2 is 0.911 bits per heavy atom. The van der Waals surface area contributed by atoms with Crippen molar-refractivity contribution in [1.29, 1.82) is 0 Å². The van der Waals surface area contributed by atoms with Gasteiger partial charge in [0.05, 0.1) is 68.1 Å². The fourth-order valence-electron chi connectivity index (χ4n) is 6.57. The molecule has 1 aromatic carbocycles. The first-order valence-electron chi connectivity index (χ1n) is 19.1. The van der Waals surface area contributed by atoms with E-state index in [1.807, 2.05) is 36.1 Å². The molecule has 1 saturated heterocycles. The molecular weight excluding hydrogens is 736 g/mol. The molecule has 1 aliphatic heterocycles. The highest BCUT2D eigenvalue weighted by Crippen LogP contribution is 2.18. The Morgan fingerprint density at radius 3 is 1.29 bits per heavy atom. The summed E-state index contributed by atoms with van der Waals surface area (Å²) in [4.78, 5) is 58.8. The second kappa shape index (κ2) is 28.0. The first kappa shape index (κ1) is 48.7. The number of aliphatic hydroxyl groups is 3. The van der Waals surface area contributed by atoms with Gasteiger partial charge in [-0.1, -0.05) is 12.1 Å². The van der Waals surface area contributed by atoms with E-state index in [1.165, 1.54) is 28.4 Å². The molecule has 4 unspecified atom stereocenters. The van der Waals surface area contributed by atoms with Crippen LogP contribution in [0.1, 0.15) is 25.3 Å². The third-order valence-corrected chi connectivity index (χ3v) is 9.81. The molecule has 3 N–H and O–H groups in total. The van der Waals surface area contributed by atoms with E-state index >= 15 is 0 Å². The van der Waals surface area contributed by atoms with Crippen LogP contribution in [0.15, 0.2) is 24.3 Å². The molecular formula is C38H64N4O14. The maximum absolute atomic E-state index is 13.4. The van der Waals surface area contributed by atoms with Crippen LogP contribution in [0.25, 0.3) is 0 Å². The van der Waals surface area contributed by atoms with E-state index in [4.69, 9.17) is 33.2 Å². The Hall–Kier alpha value is -3.46. The summed E-state index contributed by atoms with van der Waals surface area (Å²) in [6.07, 6.45) is 1.69. The minimum atomic E-state index is -1.07. The summed E-state index contributed by atoms with van der Waals surface area (Å²) in [5.41, 5.74) is 1.05. The number of nitrogens with zero attached hydrogens (tertiary/aromatic N) is 4. The van der Waals surface area contributed by atoms with Crippen molar-refractivity contribution in [2.45, 2.75) is 50.4 Å². The van der Waals surface area contributed by atoms with Crippen LogP contribution >= 0.6 is 0 Å². The SMILES string of the molecule is CCOCCOCCOc1ccc(CCCC(C(=O)OC)N2CCN(C(CO)C(=O)OC)CCN(C(CO)C(=O)OC)CCN(C(CO)C(=O)OC)CC2)cc1. The van der Waals surface area contributed by atoms with Gasteiger partial charge in [0.2, 0.25) is 0 Å². The Bertz CT molecular complexity index is 1240. The largest absolute Gasteiger partial charge is 0.491 e. The van der Waals surface area contributed by atoms with Gasteiger partial charge in [0.15, 0.2) is 0 Å². The number of benzene rings is 1. The van der Waals surface area contributed by atoms with Crippen LogP contribution in [-0.4, -0.2) is 217 Å². The number of carbonyl (C=O) groups excluding carboxylic acids is 4. The van der Waals surface area contributed by atoms with E-state index in [2.05, 4.69) is 0 Å². The molecule has 4 atom stereocenters. The molecule has 0 amide bonds. The lowest BCUT2D eigenvalue weighted by Gasteiger charge is -2.39. The van der Waals surface area contributed by atoms with E-state index in [9.17, 15) is 34.5 Å². The standard InChI is InChI=1S/C38H64N4O14/c1-6-54-22-23-55-24-25-56-30-12-10-29(11-13-30)8-7-9-31(35(46)50-2)39-14-16-40(32(26-43)36(47)51-3)18-20-42(34(28-45)38(49)53-5)21-19-41(17-15-39)33(27-44)37(48)52-4/h10-13,31-34,43-45H,6-9,14-28H2,1-5H3. The predicted octanol–water partition coefficient (Wildman–Crippen LogP) is -1.19. The van der Waals surface area contributed by atoms with Crippen molar-refractivity contribution in [3.8, 4) is 5.75 Å². The third-order valence-electron chi connectivity index (χ3n) is 9.81. The quantitative estimate of drug-likeness (QED) is 0.0676. The van der Waals surface area contributed by atoms with Crippen molar-refractivity contribution >= 4 is 23.9 Å². The summed E-state index contributed by atoms with van der Waals surface area (Å²) in [5.74, 6) is -1.75. The lowest BCUT2D eigenvalue weighted by atomic mass is 10.0. The second-order valence-electron chi connectivity index (χ2n) is 13.0. The number of hydrogen-bond acceptors (Lipinski definition) is 18. The summed E-state index contributed by atoms with van der Waals surface area (Å²) >= 11 is 0. The number of methoxy groups -OCH3 is 4. The molecule has 0 bridgehead atoms. The van der Waals surface area contributed by atoms with Crippen LogP contribution in [0.2, 0.25) is 0 Å². The van der Waals surface area contributed by atoms with Gasteiger partial charge in [-0.05, 0) is 43.9 Å². The van der Waals surface area contributed by atoms with E-state index in [0.717, 1.165) is 5.56 Å². The minimum absolute atomic E-state index is 0.135. The molecule has 1 heterocycles. The van der Waals surface area contributed by atoms with E-state index < -0.39 is 67.9 Å². The summed E-state index contributed by atoms with van der Waals surface area (Å²) in [5, 5.41) is 30.8. The number of carbonyl (C=O) groups is 4. The van der Waals surface area contributed by atoms with Crippen LogP contribution in [0, 0.1) is 0 Å². The fourth-order valence-corrected chi connectivity index (χ4v) is 6.57. The van der Waals surface area contributed by atoms with Gasteiger partial charge < -0.3 is 48.5 Å². The number of ether oxygens (including phenoxy) is 7. The van der Waals surface area contributed by atoms with Gasteiger partial charge >= 0.3 is 23.9 Å². The maximum atomic E-state index is 13.4. The summed E-state index contributed by atoms with van der Waals surface area (Å²) < 4.78 is 36.7. The van der Waals surface area contributed by atoms with Gasteiger partial charge in [-0.15, -0.1) is 0 Å². The average Bonchev–Trinajstić information content (AvgIpc) is 3.22. The van der Waals surface area contributed by atoms with Crippen molar-refractivity contribution in [2.24, 2.45) is 0 Å². The van der Waals surface area contributed by atoms with Gasteiger partial charge in [0, 0.05) is 59.0 Å². The highest BCUT2D eigenvalue weighted by atomic mass is 16.5. The fraction of sp³-hybridized carbons (Fsp3) is 0.737. The van der Waals surface area contributed by atoms with Gasteiger partial charge in [-0.2, -0.15) is 0 Å². The Balaban J connectivity index is 2.33. The molecule has 56 heavy (non-hydrogen) atoms. The van der Waals surface area contributed by atoms with Crippen LogP contribution in [0.4, 0.5) is 0 Å². The average molecular weight is 801 g/mol. The number of aliphatic hydroxyl groups excluding tert-OH is 3. The normalized spacial score (nSPS) is 17.7. The summed E-state index contributed by atoms with van der Waals surface area (Å²) in [7, 11) is 4.98. The van der Waals surface area contributed by atoms with E-state index in [0.29, 0.717) is 58.0 Å². The molecule has 1 aromatic rings. The number of esters is 4. The smallest absolute Gasteiger partial charge is 0.325 e. The van der Waals surface area contributed by atoms with Crippen LogP contribution in [-0.2, 0) is 54.0 Å². The summed E-state index contributed by atoms with van der Waals surface area (Å²) in [6, 6.07) is 3.83. The van der Waals surface area contributed by atoms with Gasteiger partial charge in [-0.25, -0.2) is 0 Å². The van der Waals surface area contributed by atoms with Gasteiger partial charge in [0.1, 0.15) is 36.5 Å². The number of hydrogen-bond donors (Lipinski definition) is 3.